The van der Waals surface area contributed by atoms with Crippen molar-refractivity contribution in [2.45, 2.75) is 51.7 Å². The summed E-state index contributed by atoms with van der Waals surface area (Å²) >= 11 is 0. The van der Waals surface area contributed by atoms with Crippen LogP contribution in [0.1, 0.15) is 39.3 Å². The number of aromatic nitrogens is 1. The molecular weight excluding hydrogens is 260 g/mol. The number of likely N-dealkylation sites (N-methyl/N-ethyl adjacent to an activating group) is 1. The molecule has 0 spiro atoms. The minimum atomic E-state index is 0.124. The first-order valence-electron chi connectivity index (χ1n) is 7.97. The first-order valence-corrected chi connectivity index (χ1v) is 7.97. The van der Waals surface area contributed by atoms with Crippen LogP contribution in [-0.2, 0) is 6.54 Å². The Bertz CT molecular complexity index is 450. The summed E-state index contributed by atoms with van der Waals surface area (Å²) in [5, 5.41) is 3.51. The van der Waals surface area contributed by atoms with Crippen molar-refractivity contribution in [2.24, 2.45) is 0 Å². The molecule has 0 bridgehead atoms. The van der Waals surface area contributed by atoms with Gasteiger partial charge < -0.3 is 15.1 Å². The average Bonchev–Trinajstić information content (AvgIpc) is 2.45. The van der Waals surface area contributed by atoms with Gasteiger partial charge in [0, 0.05) is 31.2 Å². The zero-order valence-corrected chi connectivity index (χ0v) is 14.2. The fourth-order valence-corrected chi connectivity index (χ4v) is 2.68. The smallest absolute Gasteiger partial charge is 0.128 e. The van der Waals surface area contributed by atoms with Gasteiger partial charge in [-0.3, -0.25) is 0 Å². The van der Waals surface area contributed by atoms with Gasteiger partial charge in [-0.2, -0.15) is 0 Å². The number of anilines is 1. The van der Waals surface area contributed by atoms with Crippen molar-refractivity contribution >= 4 is 5.82 Å². The molecule has 2 heterocycles. The molecule has 118 valence electrons. The van der Waals surface area contributed by atoms with Gasteiger partial charge in [0.1, 0.15) is 5.82 Å². The highest BCUT2D eigenvalue weighted by molar-refractivity contribution is 5.40. The van der Waals surface area contributed by atoms with E-state index < -0.39 is 0 Å². The number of hydrogen-bond donors (Lipinski definition) is 1. The molecule has 1 aliphatic heterocycles. The lowest BCUT2D eigenvalue weighted by Crippen LogP contribution is -2.45. The largest absolute Gasteiger partial charge is 0.355 e. The number of nitrogens with zero attached hydrogens (tertiary/aromatic N) is 3. The molecule has 4 nitrogen and oxygen atoms in total. The lowest BCUT2D eigenvalue weighted by atomic mass is 10.0. The summed E-state index contributed by atoms with van der Waals surface area (Å²) in [5.41, 5.74) is 1.24. The predicted molar refractivity (Wildman–Crippen MR) is 89.8 cm³/mol. The molecule has 1 aromatic heterocycles. The Labute approximate surface area is 129 Å². The number of pyridine rings is 1. The summed E-state index contributed by atoms with van der Waals surface area (Å²) in [6, 6.07) is 7.01. The summed E-state index contributed by atoms with van der Waals surface area (Å²) in [6.45, 7) is 9.57. The monoisotopic (exact) mass is 290 g/mol. The van der Waals surface area contributed by atoms with Gasteiger partial charge in [0.15, 0.2) is 0 Å². The van der Waals surface area contributed by atoms with E-state index in [0.717, 1.165) is 31.1 Å². The summed E-state index contributed by atoms with van der Waals surface area (Å²) in [6.07, 6.45) is 2.53. The van der Waals surface area contributed by atoms with E-state index in [1.807, 2.05) is 0 Å². The Morgan fingerprint density at radius 2 is 2.10 bits per heavy atom. The van der Waals surface area contributed by atoms with E-state index in [2.05, 4.69) is 68.2 Å². The van der Waals surface area contributed by atoms with Crippen LogP contribution in [0.2, 0.25) is 0 Å². The van der Waals surface area contributed by atoms with Gasteiger partial charge in [-0.05, 0) is 59.8 Å². The van der Waals surface area contributed by atoms with E-state index in [4.69, 9.17) is 4.98 Å². The van der Waals surface area contributed by atoms with Crippen LogP contribution in [0.5, 0.6) is 0 Å². The van der Waals surface area contributed by atoms with Crippen LogP contribution in [0.25, 0.3) is 0 Å². The van der Waals surface area contributed by atoms with E-state index in [-0.39, 0.29) is 5.54 Å². The van der Waals surface area contributed by atoms with E-state index in [1.54, 1.807) is 0 Å². The van der Waals surface area contributed by atoms with E-state index in [0.29, 0.717) is 6.04 Å². The first-order chi connectivity index (χ1) is 9.85. The molecule has 1 aliphatic rings. The van der Waals surface area contributed by atoms with Gasteiger partial charge in [0.2, 0.25) is 0 Å². The Morgan fingerprint density at radius 1 is 1.33 bits per heavy atom. The molecule has 0 aromatic carbocycles. The molecule has 21 heavy (non-hydrogen) atoms. The van der Waals surface area contributed by atoms with Crippen molar-refractivity contribution < 1.29 is 0 Å². The third-order valence-electron chi connectivity index (χ3n) is 4.04. The summed E-state index contributed by atoms with van der Waals surface area (Å²) in [7, 11) is 4.34. The SMILES string of the molecule is CN(C)C1CCCN(c2cccc(CNC(C)(C)C)n2)C1. The van der Waals surface area contributed by atoms with E-state index in [1.165, 1.54) is 12.8 Å². The first kappa shape index (κ1) is 16.2. The van der Waals surface area contributed by atoms with Gasteiger partial charge in [0.25, 0.3) is 0 Å². The Kier molecular flexibility index (Phi) is 5.22. The van der Waals surface area contributed by atoms with Crippen LogP contribution in [0.15, 0.2) is 18.2 Å². The van der Waals surface area contributed by atoms with Gasteiger partial charge in [0.05, 0.1) is 5.69 Å². The highest BCUT2D eigenvalue weighted by atomic mass is 15.2. The Morgan fingerprint density at radius 3 is 2.76 bits per heavy atom. The Hall–Kier alpha value is -1.13. The van der Waals surface area contributed by atoms with Gasteiger partial charge in [-0.25, -0.2) is 4.98 Å². The van der Waals surface area contributed by atoms with E-state index in [9.17, 15) is 0 Å². The summed E-state index contributed by atoms with van der Waals surface area (Å²) in [5.74, 6) is 1.12. The molecule has 1 saturated heterocycles. The van der Waals surface area contributed by atoms with Crippen molar-refractivity contribution in [2.75, 3.05) is 32.1 Å². The maximum atomic E-state index is 4.84. The lowest BCUT2D eigenvalue weighted by molar-refractivity contribution is 0.257. The lowest BCUT2D eigenvalue weighted by Gasteiger charge is -2.37. The normalized spacial score (nSPS) is 20.1. The zero-order valence-electron chi connectivity index (χ0n) is 14.2. The number of nitrogens with one attached hydrogen (secondary N) is 1. The van der Waals surface area contributed by atoms with Crippen molar-refractivity contribution in [1.82, 2.24) is 15.2 Å². The molecule has 1 N–H and O–H groups in total. The van der Waals surface area contributed by atoms with Crippen LogP contribution in [0.3, 0.4) is 0 Å². The maximum Gasteiger partial charge on any atom is 0.128 e. The maximum absolute atomic E-state index is 4.84. The van der Waals surface area contributed by atoms with Gasteiger partial charge >= 0.3 is 0 Å². The minimum Gasteiger partial charge on any atom is -0.355 e. The fraction of sp³-hybridized carbons (Fsp3) is 0.706. The summed E-state index contributed by atoms with van der Waals surface area (Å²) < 4.78 is 0. The number of piperidine rings is 1. The van der Waals surface area contributed by atoms with Crippen LogP contribution >= 0.6 is 0 Å². The second-order valence-corrected chi connectivity index (χ2v) is 7.30. The zero-order chi connectivity index (χ0) is 15.5. The molecule has 1 unspecified atom stereocenters. The van der Waals surface area contributed by atoms with Crippen LogP contribution in [-0.4, -0.2) is 48.6 Å². The van der Waals surface area contributed by atoms with Gasteiger partial charge in [-0.15, -0.1) is 0 Å². The molecule has 4 heteroatoms. The molecule has 1 fully saturated rings. The second kappa shape index (κ2) is 6.75. The number of hydrogen-bond acceptors (Lipinski definition) is 4. The van der Waals surface area contributed by atoms with Crippen LogP contribution in [0, 0.1) is 0 Å². The quantitative estimate of drug-likeness (QED) is 0.923. The average molecular weight is 290 g/mol. The molecule has 1 aromatic rings. The molecule has 0 saturated carbocycles. The molecule has 0 radical (unpaired) electrons. The van der Waals surface area contributed by atoms with Crippen LogP contribution in [0.4, 0.5) is 5.82 Å². The highest BCUT2D eigenvalue weighted by Gasteiger charge is 2.22. The number of rotatable bonds is 4. The minimum absolute atomic E-state index is 0.124. The fourth-order valence-electron chi connectivity index (χ4n) is 2.68. The predicted octanol–water partition coefficient (Wildman–Crippen LogP) is 2.50. The molecule has 0 aliphatic carbocycles. The van der Waals surface area contributed by atoms with Gasteiger partial charge in [-0.1, -0.05) is 6.07 Å². The second-order valence-electron chi connectivity index (χ2n) is 7.30. The van der Waals surface area contributed by atoms with Crippen LogP contribution < -0.4 is 10.2 Å². The third kappa shape index (κ3) is 4.97. The Balaban J connectivity index is 2.03. The van der Waals surface area contributed by atoms with Crippen molar-refractivity contribution in [3.63, 3.8) is 0 Å². The standard InChI is InChI=1S/C17H30N4/c1-17(2,3)18-12-14-8-6-10-16(19-14)21-11-7-9-15(13-21)20(4)5/h6,8,10,15,18H,7,9,11-13H2,1-5H3. The third-order valence-corrected chi connectivity index (χ3v) is 4.04. The molecule has 0 amide bonds. The van der Waals surface area contributed by atoms with Crippen molar-refractivity contribution in [3.05, 3.63) is 23.9 Å². The summed E-state index contributed by atoms with van der Waals surface area (Å²) in [4.78, 5) is 9.59. The topological polar surface area (TPSA) is 31.4 Å². The molecular formula is C17H30N4. The van der Waals surface area contributed by atoms with Crippen molar-refractivity contribution in [1.29, 1.82) is 0 Å². The molecule has 1 atom stereocenters. The van der Waals surface area contributed by atoms with E-state index >= 15 is 0 Å². The highest BCUT2D eigenvalue weighted by Crippen LogP contribution is 2.20. The van der Waals surface area contributed by atoms with Crippen molar-refractivity contribution in [3.8, 4) is 0 Å². The molecule has 2 rings (SSSR count).